The maximum Gasteiger partial charge on any atom is 0.287 e. The first-order chi connectivity index (χ1) is 13.9. The Hall–Kier alpha value is -2.64. The van der Waals surface area contributed by atoms with Gasteiger partial charge >= 0.3 is 0 Å². The van der Waals surface area contributed by atoms with Crippen LogP contribution in [0.3, 0.4) is 0 Å². The van der Waals surface area contributed by atoms with Gasteiger partial charge in [0.25, 0.3) is 5.91 Å². The molecule has 0 aliphatic carbocycles. The van der Waals surface area contributed by atoms with Crippen molar-refractivity contribution in [2.24, 2.45) is 5.92 Å². The zero-order chi connectivity index (χ0) is 20.8. The summed E-state index contributed by atoms with van der Waals surface area (Å²) in [5.41, 5.74) is 0.618. The molecule has 0 saturated heterocycles. The number of amides is 2. The molecule has 2 aromatic rings. The van der Waals surface area contributed by atoms with Crippen LogP contribution in [0.2, 0.25) is 0 Å². The van der Waals surface area contributed by atoms with Gasteiger partial charge < -0.3 is 24.9 Å². The van der Waals surface area contributed by atoms with E-state index >= 15 is 0 Å². The highest BCUT2D eigenvalue weighted by atomic mass is 16.5. The molecule has 156 valence electrons. The van der Waals surface area contributed by atoms with Crippen molar-refractivity contribution in [2.45, 2.75) is 44.9 Å². The smallest absolute Gasteiger partial charge is 0.287 e. The average molecular weight is 400 g/mol. The quantitative estimate of drug-likeness (QED) is 0.647. The minimum Gasteiger partial charge on any atom is -0.451 e. The van der Waals surface area contributed by atoms with E-state index in [1.165, 1.54) is 0 Å². The first-order valence-corrected chi connectivity index (χ1v) is 9.94. The number of nitrogens with one attached hydrogen (secondary N) is 2. The molecule has 0 bridgehead atoms. The molecule has 7 heteroatoms. The highest BCUT2D eigenvalue weighted by Gasteiger charge is 2.28. The van der Waals surface area contributed by atoms with Crippen molar-refractivity contribution in [3.05, 3.63) is 48.2 Å². The number of carbonyl (C=O) groups excluding carboxylic acids is 2. The van der Waals surface area contributed by atoms with Crippen LogP contribution in [0.4, 0.5) is 0 Å². The third-order valence-electron chi connectivity index (χ3n) is 4.83. The summed E-state index contributed by atoms with van der Waals surface area (Å²) < 4.78 is 10.9. The van der Waals surface area contributed by atoms with Crippen molar-refractivity contribution < 1.29 is 23.8 Å². The molecule has 29 heavy (non-hydrogen) atoms. The van der Waals surface area contributed by atoms with Crippen LogP contribution in [0.15, 0.2) is 46.9 Å². The van der Waals surface area contributed by atoms with E-state index in [4.69, 9.17) is 9.15 Å². The maximum absolute atomic E-state index is 12.9. The van der Waals surface area contributed by atoms with Gasteiger partial charge in [0.05, 0.1) is 25.4 Å². The van der Waals surface area contributed by atoms with Crippen molar-refractivity contribution in [3.63, 3.8) is 0 Å². The van der Waals surface area contributed by atoms with Gasteiger partial charge in [0.1, 0.15) is 11.6 Å². The number of para-hydroxylation sites is 1. The van der Waals surface area contributed by atoms with Crippen LogP contribution in [0.5, 0.6) is 0 Å². The molecule has 1 aromatic heterocycles. The standard InChI is InChI=1S/C22H28N2O5/c1-14(2)11-17(21(26)23-16-8-5-6-10-28-13-18(16)25)24-22(27)20-12-15-7-3-4-9-19(15)29-20/h3-7,9,12,14,16-18,25H,8,10-11,13H2,1-2H3,(H,23,26)(H,24,27)/b6-5-/t16?,17-,18+/m0/s1. The van der Waals surface area contributed by atoms with Crippen LogP contribution < -0.4 is 10.6 Å². The number of carbonyl (C=O) groups is 2. The molecule has 0 spiro atoms. The molecule has 0 radical (unpaired) electrons. The first-order valence-electron chi connectivity index (χ1n) is 9.94. The third kappa shape index (κ3) is 5.68. The lowest BCUT2D eigenvalue weighted by molar-refractivity contribution is -0.125. The fraction of sp³-hybridized carbons (Fsp3) is 0.455. The SMILES string of the molecule is CC(C)C[C@H](NC(=O)c1cc2ccccc2o1)C(=O)NC1C/C=C\COC[C@H]1O. The summed E-state index contributed by atoms with van der Waals surface area (Å²) in [5.74, 6) is -0.424. The Morgan fingerprint density at radius 2 is 2.03 bits per heavy atom. The predicted molar refractivity (Wildman–Crippen MR) is 109 cm³/mol. The topological polar surface area (TPSA) is 101 Å². The van der Waals surface area contributed by atoms with Gasteiger partial charge in [-0.25, -0.2) is 0 Å². The lowest BCUT2D eigenvalue weighted by Gasteiger charge is -2.27. The van der Waals surface area contributed by atoms with Crippen molar-refractivity contribution >= 4 is 22.8 Å². The number of aliphatic hydroxyl groups is 1. The Bertz CT molecular complexity index is 840. The Kier molecular flexibility index (Phi) is 7.06. The molecule has 1 unspecified atom stereocenters. The molecule has 0 saturated carbocycles. The van der Waals surface area contributed by atoms with Gasteiger partial charge in [-0.15, -0.1) is 0 Å². The summed E-state index contributed by atoms with van der Waals surface area (Å²) >= 11 is 0. The average Bonchev–Trinajstić information content (AvgIpc) is 3.11. The van der Waals surface area contributed by atoms with Crippen molar-refractivity contribution in [1.82, 2.24) is 10.6 Å². The molecule has 0 fully saturated rings. The first kappa shape index (κ1) is 21.1. The van der Waals surface area contributed by atoms with Crippen LogP contribution in [0.25, 0.3) is 11.0 Å². The lowest BCUT2D eigenvalue weighted by Crippen LogP contribution is -2.53. The monoisotopic (exact) mass is 400 g/mol. The van der Waals surface area contributed by atoms with Gasteiger partial charge in [-0.3, -0.25) is 9.59 Å². The molecule has 1 aromatic carbocycles. The predicted octanol–water partition coefficient (Wildman–Crippen LogP) is 2.40. The van der Waals surface area contributed by atoms with E-state index in [0.29, 0.717) is 25.0 Å². The van der Waals surface area contributed by atoms with Crippen LogP contribution in [0.1, 0.15) is 37.2 Å². The normalized spacial score (nSPS) is 21.9. The molecule has 3 N–H and O–H groups in total. The summed E-state index contributed by atoms with van der Waals surface area (Å²) in [6.07, 6.45) is 3.89. The number of fused-ring (bicyclic) bond motifs is 1. The summed E-state index contributed by atoms with van der Waals surface area (Å²) in [4.78, 5) is 25.6. The Morgan fingerprint density at radius 3 is 2.79 bits per heavy atom. The van der Waals surface area contributed by atoms with Crippen LogP contribution in [0, 0.1) is 5.92 Å². The fourth-order valence-electron chi connectivity index (χ4n) is 3.31. The Morgan fingerprint density at radius 1 is 1.24 bits per heavy atom. The molecule has 7 nitrogen and oxygen atoms in total. The molecular formula is C22H28N2O5. The second-order valence-corrected chi connectivity index (χ2v) is 7.73. The van der Waals surface area contributed by atoms with E-state index in [1.54, 1.807) is 12.1 Å². The van der Waals surface area contributed by atoms with Gasteiger partial charge in [0.2, 0.25) is 5.91 Å². The Labute approximate surface area is 170 Å². The second kappa shape index (κ2) is 9.71. The molecule has 1 aliphatic rings. The lowest BCUT2D eigenvalue weighted by atomic mass is 10.0. The van der Waals surface area contributed by atoms with Crippen molar-refractivity contribution in [1.29, 1.82) is 0 Å². The summed E-state index contributed by atoms with van der Waals surface area (Å²) in [5, 5.41) is 16.7. The van der Waals surface area contributed by atoms with Gasteiger partial charge in [0.15, 0.2) is 5.76 Å². The molecule has 3 atom stereocenters. The highest BCUT2D eigenvalue weighted by molar-refractivity contribution is 5.98. The number of aliphatic hydroxyl groups excluding tert-OH is 1. The second-order valence-electron chi connectivity index (χ2n) is 7.73. The zero-order valence-corrected chi connectivity index (χ0v) is 16.8. The van der Waals surface area contributed by atoms with E-state index in [9.17, 15) is 14.7 Å². The van der Waals surface area contributed by atoms with E-state index in [1.807, 2.05) is 44.2 Å². The van der Waals surface area contributed by atoms with Crippen LogP contribution in [-0.2, 0) is 9.53 Å². The van der Waals surface area contributed by atoms with Crippen LogP contribution >= 0.6 is 0 Å². The fourth-order valence-corrected chi connectivity index (χ4v) is 3.31. The van der Waals surface area contributed by atoms with E-state index in [-0.39, 0.29) is 24.2 Å². The number of rotatable bonds is 6. The van der Waals surface area contributed by atoms with E-state index in [2.05, 4.69) is 10.6 Å². The number of hydrogen-bond acceptors (Lipinski definition) is 5. The molecule has 3 rings (SSSR count). The summed E-state index contributed by atoms with van der Waals surface area (Å²) in [6, 6.07) is 7.80. The zero-order valence-electron chi connectivity index (χ0n) is 16.8. The highest BCUT2D eigenvalue weighted by Crippen LogP contribution is 2.19. The minimum absolute atomic E-state index is 0.148. The van der Waals surface area contributed by atoms with Gasteiger partial charge in [0, 0.05) is 5.39 Å². The number of hydrogen-bond donors (Lipinski definition) is 3. The number of furan rings is 1. The van der Waals surface area contributed by atoms with E-state index in [0.717, 1.165) is 5.39 Å². The largest absolute Gasteiger partial charge is 0.451 e. The number of benzene rings is 1. The molecule has 1 aliphatic heterocycles. The Balaban J connectivity index is 1.70. The van der Waals surface area contributed by atoms with E-state index < -0.39 is 24.1 Å². The van der Waals surface area contributed by atoms with Gasteiger partial charge in [-0.05, 0) is 30.9 Å². The maximum atomic E-state index is 12.9. The third-order valence-corrected chi connectivity index (χ3v) is 4.83. The summed E-state index contributed by atoms with van der Waals surface area (Å²) in [6.45, 7) is 4.56. The van der Waals surface area contributed by atoms with Crippen LogP contribution in [-0.4, -0.2) is 48.3 Å². The minimum atomic E-state index is -0.810. The van der Waals surface area contributed by atoms with Gasteiger partial charge in [-0.1, -0.05) is 44.2 Å². The van der Waals surface area contributed by atoms with Crippen molar-refractivity contribution in [3.8, 4) is 0 Å². The summed E-state index contributed by atoms with van der Waals surface area (Å²) in [7, 11) is 0. The molecular weight excluding hydrogens is 372 g/mol. The number of ether oxygens (including phenoxy) is 1. The molecule has 2 amide bonds. The van der Waals surface area contributed by atoms with Crippen molar-refractivity contribution in [2.75, 3.05) is 13.2 Å². The molecule has 2 heterocycles. The van der Waals surface area contributed by atoms with Gasteiger partial charge in [-0.2, -0.15) is 0 Å².